The Morgan fingerprint density at radius 2 is 2.19 bits per heavy atom. The summed E-state index contributed by atoms with van der Waals surface area (Å²) in [4.78, 5) is 6.57. The van der Waals surface area contributed by atoms with Crippen LogP contribution in [0.3, 0.4) is 0 Å². The lowest BCUT2D eigenvalue weighted by Crippen LogP contribution is -2.19. The van der Waals surface area contributed by atoms with E-state index in [-0.39, 0.29) is 0 Å². The third kappa shape index (κ3) is 1.64. The molecule has 0 unspecified atom stereocenters. The van der Waals surface area contributed by atoms with Gasteiger partial charge >= 0.3 is 0 Å². The second kappa shape index (κ2) is 4.12. The van der Waals surface area contributed by atoms with Gasteiger partial charge in [0.25, 0.3) is 0 Å². The molecule has 16 heavy (non-hydrogen) atoms. The molecule has 0 atom stereocenters. The minimum Gasteiger partial charge on any atom is -0.360 e. The summed E-state index contributed by atoms with van der Waals surface area (Å²) in [6.07, 6.45) is 3.77. The van der Waals surface area contributed by atoms with Crippen molar-refractivity contribution in [3.05, 3.63) is 24.0 Å². The van der Waals surface area contributed by atoms with E-state index in [1.54, 1.807) is 0 Å². The van der Waals surface area contributed by atoms with Crippen LogP contribution in [-0.2, 0) is 0 Å². The van der Waals surface area contributed by atoms with Gasteiger partial charge in [-0.05, 0) is 18.9 Å². The van der Waals surface area contributed by atoms with Gasteiger partial charge < -0.3 is 4.90 Å². The van der Waals surface area contributed by atoms with E-state index < -0.39 is 0 Å². The van der Waals surface area contributed by atoms with Crippen LogP contribution in [-0.4, -0.2) is 28.2 Å². The Labute approximate surface area is 95.9 Å². The number of hydrogen-bond donors (Lipinski definition) is 0. The average molecular weight is 218 g/mol. The van der Waals surface area contributed by atoms with E-state index in [0.717, 1.165) is 18.0 Å². The molecule has 0 aromatic carbocycles. The van der Waals surface area contributed by atoms with Crippen molar-refractivity contribution in [2.24, 2.45) is 0 Å². The molecule has 4 heteroatoms. The fraction of sp³-hybridized carbons (Fsp3) is 0.500. The fourth-order valence-corrected chi connectivity index (χ4v) is 1.75. The molecule has 0 bridgehead atoms. The number of aromatic nitrogens is 3. The van der Waals surface area contributed by atoms with Crippen LogP contribution in [0.15, 0.2) is 18.5 Å². The highest BCUT2D eigenvalue weighted by Gasteiger charge is 2.12. The van der Waals surface area contributed by atoms with E-state index in [9.17, 15) is 0 Å². The zero-order valence-corrected chi connectivity index (χ0v) is 10.3. The molecule has 4 nitrogen and oxygen atoms in total. The Morgan fingerprint density at radius 1 is 1.44 bits per heavy atom. The van der Waals surface area contributed by atoms with Crippen LogP contribution in [0.25, 0.3) is 5.65 Å². The fourth-order valence-electron chi connectivity index (χ4n) is 1.75. The minimum absolute atomic E-state index is 0.451. The van der Waals surface area contributed by atoms with Crippen molar-refractivity contribution in [2.75, 3.05) is 18.5 Å². The third-order valence-corrected chi connectivity index (χ3v) is 2.90. The normalized spacial score (nSPS) is 11.3. The van der Waals surface area contributed by atoms with E-state index in [1.165, 1.54) is 5.56 Å². The smallest absolute Gasteiger partial charge is 0.160 e. The summed E-state index contributed by atoms with van der Waals surface area (Å²) in [5.74, 6) is 1.53. The van der Waals surface area contributed by atoms with Crippen molar-refractivity contribution in [1.82, 2.24) is 14.6 Å². The van der Waals surface area contributed by atoms with E-state index in [0.29, 0.717) is 5.92 Å². The zero-order valence-electron chi connectivity index (χ0n) is 10.3. The first-order chi connectivity index (χ1) is 7.65. The number of fused-ring (bicyclic) bond motifs is 1. The molecule has 86 valence electrons. The van der Waals surface area contributed by atoms with Crippen molar-refractivity contribution >= 4 is 11.5 Å². The molecule has 0 fully saturated rings. The first-order valence-corrected chi connectivity index (χ1v) is 5.69. The maximum Gasteiger partial charge on any atom is 0.160 e. The largest absolute Gasteiger partial charge is 0.360 e. The molecule has 2 heterocycles. The minimum atomic E-state index is 0.451. The molecule has 0 saturated carbocycles. The van der Waals surface area contributed by atoms with Crippen LogP contribution in [0.1, 0.15) is 32.3 Å². The summed E-state index contributed by atoms with van der Waals surface area (Å²) >= 11 is 0. The van der Waals surface area contributed by atoms with Gasteiger partial charge in [0.05, 0.1) is 6.20 Å². The summed E-state index contributed by atoms with van der Waals surface area (Å²) < 4.78 is 1.92. The Bertz CT molecular complexity index is 487. The van der Waals surface area contributed by atoms with Gasteiger partial charge in [-0.15, -0.1) is 0 Å². The molecule has 0 amide bonds. The zero-order chi connectivity index (χ0) is 11.7. The third-order valence-electron chi connectivity index (χ3n) is 2.90. The first-order valence-electron chi connectivity index (χ1n) is 5.69. The maximum atomic E-state index is 4.42. The van der Waals surface area contributed by atoms with Gasteiger partial charge in [-0.1, -0.05) is 13.8 Å². The highest BCUT2D eigenvalue weighted by molar-refractivity contribution is 5.54. The molecular formula is C12H18N4. The van der Waals surface area contributed by atoms with Crippen LogP contribution in [0.2, 0.25) is 0 Å². The molecular weight excluding hydrogens is 200 g/mol. The summed E-state index contributed by atoms with van der Waals surface area (Å²) in [7, 11) is 2.06. The summed E-state index contributed by atoms with van der Waals surface area (Å²) in [5.41, 5.74) is 2.17. The Kier molecular flexibility index (Phi) is 2.81. The van der Waals surface area contributed by atoms with Gasteiger partial charge in [0, 0.05) is 25.4 Å². The predicted molar refractivity (Wildman–Crippen MR) is 66.0 cm³/mol. The molecule has 0 spiro atoms. The van der Waals surface area contributed by atoms with Crippen LogP contribution in [0.5, 0.6) is 0 Å². The van der Waals surface area contributed by atoms with Gasteiger partial charge in [-0.2, -0.15) is 9.61 Å². The monoisotopic (exact) mass is 218 g/mol. The molecule has 2 rings (SSSR count). The lowest BCUT2D eigenvalue weighted by atomic mass is 10.1. The highest BCUT2D eigenvalue weighted by Crippen LogP contribution is 2.21. The Hall–Kier alpha value is -1.58. The molecule has 2 aromatic heterocycles. The quantitative estimate of drug-likeness (QED) is 0.792. The molecule has 0 aliphatic carbocycles. The van der Waals surface area contributed by atoms with E-state index in [2.05, 4.69) is 42.8 Å². The van der Waals surface area contributed by atoms with Crippen molar-refractivity contribution in [3.8, 4) is 0 Å². The maximum absolute atomic E-state index is 4.42. The lowest BCUT2D eigenvalue weighted by Gasteiger charge is -2.17. The number of anilines is 1. The molecule has 0 N–H and O–H groups in total. The van der Waals surface area contributed by atoms with Crippen LogP contribution in [0.4, 0.5) is 5.82 Å². The van der Waals surface area contributed by atoms with Crippen molar-refractivity contribution < 1.29 is 0 Å². The van der Waals surface area contributed by atoms with E-state index in [4.69, 9.17) is 0 Å². The standard InChI is InChI=1S/C12H18N4/c1-5-15(4)11-6-7-13-12-10(9(2)3)8-14-16(11)12/h6-9H,5H2,1-4H3. The lowest BCUT2D eigenvalue weighted by molar-refractivity contribution is 0.851. The number of hydrogen-bond acceptors (Lipinski definition) is 3. The van der Waals surface area contributed by atoms with Gasteiger partial charge in [0.2, 0.25) is 0 Å². The topological polar surface area (TPSA) is 33.4 Å². The first kappa shape index (κ1) is 10.9. The Morgan fingerprint density at radius 3 is 2.81 bits per heavy atom. The van der Waals surface area contributed by atoms with Gasteiger partial charge in [-0.3, -0.25) is 0 Å². The van der Waals surface area contributed by atoms with Crippen LogP contribution >= 0.6 is 0 Å². The summed E-state index contributed by atoms with van der Waals surface area (Å²) in [6, 6.07) is 1.99. The molecule has 0 saturated heterocycles. The van der Waals surface area contributed by atoms with E-state index in [1.807, 2.05) is 23.0 Å². The van der Waals surface area contributed by atoms with Gasteiger partial charge in [0.1, 0.15) is 5.82 Å². The SMILES string of the molecule is CCN(C)c1ccnc2c(C(C)C)cnn12. The predicted octanol–water partition coefficient (Wildman–Crippen LogP) is 2.31. The van der Waals surface area contributed by atoms with Crippen LogP contribution in [0, 0.1) is 0 Å². The van der Waals surface area contributed by atoms with Gasteiger partial charge in [0.15, 0.2) is 5.65 Å². The molecule has 0 radical (unpaired) electrons. The Balaban J connectivity index is 2.62. The average Bonchev–Trinajstić information content (AvgIpc) is 2.71. The molecule has 0 aliphatic heterocycles. The number of nitrogens with zero attached hydrogens (tertiary/aromatic N) is 4. The summed E-state index contributed by atoms with van der Waals surface area (Å²) in [5, 5.41) is 4.42. The second-order valence-corrected chi connectivity index (χ2v) is 4.31. The highest BCUT2D eigenvalue weighted by atomic mass is 15.3. The van der Waals surface area contributed by atoms with E-state index >= 15 is 0 Å². The summed E-state index contributed by atoms with van der Waals surface area (Å²) in [6.45, 7) is 7.40. The van der Waals surface area contributed by atoms with Crippen molar-refractivity contribution in [1.29, 1.82) is 0 Å². The van der Waals surface area contributed by atoms with Crippen LogP contribution < -0.4 is 4.90 Å². The van der Waals surface area contributed by atoms with Gasteiger partial charge in [-0.25, -0.2) is 4.98 Å². The molecule has 0 aliphatic rings. The van der Waals surface area contributed by atoms with Crippen molar-refractivity contribution in [2.45, 2.75) is 26.7 Å². The molecule has 2 aromatic rings. The van der Waals surface area contributed by atoms with Crippen molar-refractivity contribution in [3.63, 3.8) is 0 Å². The number of rotatable bonds is 3. The second-order valence-electron chi connectivity index (χ2n) is 4.31.